The molecule has 3 nitrogen and oxygen atoms in total. The second-order valence-corrected chi connectivity index (χ2v) is 4.88. The van der Waals surface area contributed by atoms with Crippen molar-refractivity contribution >= 4 is 32.5 Å². The van der Waals surface area contributed by atoms with E-state index in [1.165, 1.54) is 0 Å². The minimum atomic E-state index is 0.0299. The van der Waals surface area contributed by atoms with Gasteiger partial charge in [-0.1, -0.05) is 28.1 Å². The zero-order valence-electron chi connectivity index (χ0n) is 10.3. The average Bonchev–Trinajstić information content (AvgIpc) is 2.37. The molecule has 0 saturated carbocycles. The molecule has 0 aliphatic carbocycles. The van der Waals surface area contributed by atoms with Crippen molar-refractivity contribution in [3.8, 4) is 5.75 Å². The number of hydrogen-bond donors (Lipinski definition) is 1. The summed E-state index contributed by atoms with van der Waals surface area (Å²) >= 11 is 3.43. The van der Waals surface area contributed by atoms with Crippen LogP contribution in [0.4, 0.5) is 0 Å². The maximum Gasteiger partial charge on any atom is 0.180 e. The molecule has 0 fully saturated rings. The molecule has 0 saturated heterocycles. The molecule has 2 aromatic carbocycles. The van der Waals surface area contributed by atoms with Crippen LogP contribution in [-0.2, 0) is 0 Å². The van der Waals surface area contributed by atoms with Crippen molar-refractivity contribution in [1.82, 2.24) is 5.32 Å². The summed E-state index contributed by atoms with van der Waals surface area (Å²) in [6, 6.07) is 9.64. The lowest BCUT2D eigenvalue weighted by molar-refractivity contribution is 0.0992. The van der Waals surface area contributed by atoms with Gasteiger partial charge in [-0.15, -0.1) is 0 Å². The monoisotopic (exact) mass is 307 g/mol. The Hall–Kier alpha value is -1.39. The Balaban J connectivity index is 2.69. The second kappa shape index (κ2) is 5.50. The van der Waals surface area contributed by atoms with E-state index in [1.54, 1.807) is 14.2 Å². The maximum atomic E-state index is 12.2. The molecule has 0 unspecified atom stereocenters. The lowest BCUT2D eigenvalue weighted by atomic mass is 10.00. The quantitative estimate of drug-likeness (QED) is 0.882. The molecule has 0 heterocycles. The van der Waals surface area contributed by atoms with E-state index in [4.69, 9.17) is 4.74 Å². The van der Waals surface area contributed by atoms with Gasteiger partial charge in [0, 0.05) is 4.47 Å². The van der Waals surface area contributed by atoms with Crippen LogP contribution in [-0.4, -0.2) is 26.5 Å². The highest BCUT2D eigenvalue weighted by molar-refractivity contribution is 9.10. The predicted octanol–water partition coefficient (Wildman–Crippen LogP) is 3.01. The molecular formula is C14H14BrNO2. The summed E-state index contributed by atoms with van der Waals surface area (Å²) < 4.78 is 6.28. The summed E-state index contributed by atoms with van der Waals surface area (Å²) in [6.07, 6.45) is 0. The molecule has 0 bridgehead atoms. The van der Waals surface area contributed by atoms with Crippen molar-refractivity contribution in [2.75, 3.05) is 20.7 Å². The van der Waals surface area contributed by atoms with Crippen molar-refractivity contribution in [2.24, 2.45) is 0 Å². The van der Waals surface area contributed by atoms with Crippen molar-refractivity contribution in [3.63, 3.8) is 0 Å². The van der Waals surface area contributed by atoms with E-state index in [-0.39, 0.29) is 5.78 Å². The third-order valence-corrected chi connectivity index (χ3v) is 3.27. The van der Waals surface area contributed by atoms with Crippen LogP contribution in [0.3, 0.4) is 0 Å². The predicted molar refractivity (Wildman–Crippen MR) is 76.5 cm³/mol. The number of likely N-dealkylation sites (N-methyl/N-ethyl adjacent to an activating group) is 1. The first-order valence-electron chi connectivity index (χ1n) is 5.61. The number of Topliss-reactive ketones (excluding diaryl/α,β-unsaturated/α-hetero) is 1. The van der Waals surface area contributed by atoms with E-state index in [1.807, 2.05) is 30.3 Å². The van der Waals surface area contributed by atoms with Crippen LogP contribution in [0, 0.1) is 0 Å². The molecule has 2 rings (SSSR count). The van der Waals surface area contributed by atoms with Gasteiger partial charge in [-0.2, -0.15) is 0 Å². The van der Waals surface area contributed by atoms with E-state index >= 15 is 0 Å². The standard InChI is InChI=1S/C14H14BrNO2/c1-16-8-12(17)14-11-5-4-10(15)7-9(11)3-6-13(14)18-2/h3-7,16H,8H2,1-2H3. The number of ether oxygens (including phenoxy) is 1. The van der Waals surface area contributed by atoms with E-state index < -0.39 is 0 Å². The van der Waals surface area contributed by atoms with Crippen molar-refractivity contribution in [2.45, 2.75) is 0 Å². The summed E-state index contributed by atoms with van der Waals surface area (Å²) in [7, 11) is 3.34. The Morgan fingerprint density at radius 1 is 1.33 bits per heavy atom. The highest BCUT2D eigenvalue weighted by Crippen LogP contribution is 2.30. The molecule has 1 N–H and O–H groups in total. The first kappa shape index (κ1) is 13.1. The third-order valence-electron chi connectivity index (χ3n) is 2.78. The van der Waals surface area contributed by atoms with Crippen LogP contribution in [0.1, 0.15) is 10.4 Å². The smallest absolute Gasteiger partial charge is 0.180 e. The van der Waals surface area contributed by atoms with E-state index in [9.17, 15) is 4.79 Å². The zero-order chi connectivity index (χ0) is 13.1. The number of halogens is 1. The molecule has 0 amide bonds. The van der Waals surface area contributed by atoms with Gasteiger partial charge in [-0.05, 0) is 36.0 Å². The largest absolute Gasteiger partial charge is 0.496 e. The molecule has 0 aromatic heterocycles. The molecule has 0 aliphatic heterocycles. The third kappa shape index (κ3) is 2.40. The number of benzene rings is 2. The Morgan fingerprint density at radius 3 is 2.78 bits per heavy atom. The maximum absolute atomic E-state index is 12.2. The fourth-order valence-electron chi connectivity index (χ4n) is 1.99. The van der Waals surface area contributed by atoms with Gasteiger partial charge in [0.1, 0.15) is 5.75 Å². The summed E-state index contributed by atoms with van der Waals surface area (Å²) in [5, 5.41) is 4.81. The summed E-state index contributed by atoms with van der Waals surface area (Å²) in [5.74, 6) is 0.646. The molecule has 0 radical (unpaired) electrons. The molecule has 4 heteroatoms. The first-order chi connectivity index (χ1) is 8.67. The topological polar surface area (TPSA) is 38.3 Å². The number of hydrogen-bond acceptors (Lipinski definition) is 3. The fraction of sp³-hybridized carbons (Fsp3) is 0.214. The Kier molecular flexibility index (Phi) is 3.99. The molecule has 0 aliphatic rings. The van der Waals surface area contributed by atoms with Gasteiger partial charge in [-0.3, -0.25) is 4.79 Å². The van der Waals surface area contributed by atoms with Gasteiger partial charge < -0.3 is 10.1 Å². The number of ketones is 1. The van der Waals surface area contributed by atoms with Crippen LogP contribution in [0.2, 0.25) is 0 Å². The van der Waals surface area contributed by atoms with E-state index in [2.05, 4.69) is 21.2 Å². The summed E-state index contributed by atoms with van der Waals surface area (Å²) in [4.78, 5) is 12.2. The van der Waals surface area contributed by atoms with Gasteiger partial charge in [-0.25, -0.2) is 0 Å². The molecule has 2 aromatic rings. The SMILES string of the molecule is CNCC(=O)c1c(OC)ccc2cc(Br)ccc12. The number of fused-ring (bicyclic) bond motifs is 1. The fourth-order valence-corrected chi connectivity index (χ4v) is 2.37. The van der Waals surface area contributed by atoms with Crippen molar-refractivity contribution in [3.05, 3.63) is 40.4 Å². The van der Waals surface area contributed by atoms with Crippen LogP contribution >= 0.6 is 15.9 Å². The van der Waals surface area contributed by atoms with Crippen molar-refractivity contribution in [1.29, 1.82) is 0 Å². The van der Waals surface area contributed by atoms with Crippen LogP contribution in [0.15, 0.2) is 34.8 Å². The lowest BCUT2D eigenvalue weighted by Crippen LogP contribution is -2.19. The number of rotatable bonds is 4. The average molecular weight is 308 g/mol. The summed E-state index contributed by atoms with van der Waals surface area (Å²) in [5.41, 5.74) is 0.636. The highest BCUT2D eigenvalue weighted by Gasteiger charge is 2.15. The molecule has 18 heavy (non-hydrogen) atoms. The summed E-state index contributed by atoms with van der Waals surface area (Å²) in [6.45, 7) is 0.297. The molecule has 0 atom stereocenters. The van der Waals surface area contributed by atoms with Gasteiger partial charge >= 0.3 is 0 Å². The number of carbonyl (C=O) groups excluding carboxylic acids is 1. The normalized spacial score (nSPS) is 10.6. The van der Waals surface area contributed by atoms with Gasteiger partial charge in [0.2, 0.25) is 0 Å². The van der Waals surface area contributed by atoms with E-state index in [0.717, 1.165) is 15.2 Å². The number of methoxy groups -OCH3 is 1. The minimum Gasteiger partial charge on any atom is -0.496 e. The lowest BCUT2D eigenvalue weighted by Gasteiger charge is -2.11. The van der Waals surface area contributed by atoms with Crippen LogP contribution in [0.5, 0.6) is 5.75 Å². The highest BCUT2D eigenvalue weighted by atomic mass is 79.9. The van der Waals surface area contributed by atoms with Gasteiger partial charge in [0.05, 0.1) is 19.2 Å². The van der Waals surface area contributed by atoms with Gasteiger partial charge in [0.25, 0.3) is 0 Å². The molecule has 0 spiro atoms. The molecule has 94 valence electrons. The Morgan fingerprint density at radius 2 is 2.11 bits per heavy atom. The second-order valence-electron chi connectivity index (χ2n) is 3.96. The van der Waals surface area contributed by atoms with Gasteiger partial charge in [0.15, 0.2) is 5.78 Å². The van der Waals surface area contributed by atoms with E-state index in [0.29, 0.717) is 17.9 Å². The Bertz CT molecular complexity index is 596. The minimum absolute atomic E-state index is 0.0299. The van der Waals surface area contributed by atoms with Crippen LogP contribution in [0.25, 0.3) is 10.8 Å². The van der Waals surface area contributed by atoms with Crippen molar-refractivity contribution < 1.29 is 9.53 Å². The number of nitrogens with one attached hydrogen (secondary N) is 1. The molecular weight excluding hydrogens is 294 g/mol. The Labute approximate surface area is 114 Å². The van der Waals surface area contributed by atoms with Crippen LogP contribution < -0.4 is 10.1 Å². The zero-order valence-corrected chi connectivity index (χ0v) is 11.9. The number of carbonyl (C=O) groups is 1. The first-order valence-corrected chi connectivity index (χ1v) is 6.40.